The molecule has 1 aromatic heterocycles. The van der Waals surface area contributed by atoms with Gasteiger partial charge in [0.05, 0.1) is 19.8 Å². The van der Waals surface area contributed by atoms with E-state index >= 15 is 0 Å². The topological polar surface area (TPSA) is 69.0 Å². The molecule has 1 amide bonds. The minimum absolute atomic E-state index is 0.0792. The minimum Gasteiger partial charge on any atom is -0.493 e. The highest BCUT2D eigenvalue weighted by Crippen LogP contribution is 2.39. The van der Waals surface area contributed by atoms with Crippen LogP contribution in [0.15, 0.2) is 22.6 Å². The van der Waals surface area contributed by atoms with Crippen molar-refractivity contribution in [2.24, 2.45) is 5.41 Å². The molecule has 1 aliphatic heterocycles. The molecule has 178 valence electrons. The van der Waals surface area contributed by atoms with Crippen molar-refractivity contribution in [3.63, 3.8) is 0 Å². The molecule has 1 aliphatic carbocycles. The number of carbonyl (C=O) groups is 2. The maximum absolute atomic E-state index is 13.6. The lowest BCUT2D eigenvalue weighted by Crippen LogP contribution is -2.44. The van der Waals surface area contributed by atoms with Crippen LogP contribution in [0.25, 0.3) is 0 Å². The van der Waals surface area contributed by atoms with E-state index in [1.165, 1.54) is 0 Å². The maximum atomic E-state index is 13.6. The molecule has 1 unspecified atom stereocenters. The number of Topliss-reactive ketones (excluding diaryl/α,β-unsaturated/α-hetero) is 1. The Balaban J connectivity index is 1.52. The molecule has 1 fully saturated rings. The van der Waals surface area contributed by atoms with Crippen molar-refractivity contribution in [2.45, 2.75) is 71.8 Å². The minimum atomic E-state index is -0.137. The molecule has 6 heteroatoms. The Hall–Kier alpha value is -2.76. The molecule has 0 radical (unpaired) electrons. The summed E-state index contributed by atoms with van der Waals surface area (Å²) in [7, 11) is 3.27. The SMILES string of the molecule is COc1ccc(CCC2CCCCN2C(=O)c2oc3c(c2C)C(=O)CC(C)(C)C3)cc1OC. The standard InChI is InChI=1S/C27H35NO5/c1-17-24-20(29)15-27(2,3)16-23(24)33-25(17)26(30)28-13-7-6-8-19(28)11-9-18-10-12-21(31-4)22(14-18)32-5/h10,12,14,19H,6-9,11,13,15-16H2,1-5H3. The Labute approximate surface area is 196 Å². The van der Waals surface area contributed by atoms with E-state index in [9.17, 15) is 9.59 Å². The maximum Gasteiger partial charge on any atom is 0.290 e. The largest absolute Gasteiger partial charge is 0.493 e. The summed E-state index contributed by atoms with van der Waals surface area (Å²) in [6, 6.07) is 6.13. The van der Waals surface area contributed by atoms with Gasteiger partial charge >= 0.3 is 0 Å². The number of amides is 1. The number of methoxy groups -OCH3 is 2. The van der Waals surface area contributed by atoms with Gasteiger partial charge in [0.1, 0.15) is 5.76 Å². The van der Waals surface area contributed by atoms with Crippen LogP contribution in [-0.2, 0) is 12.8 Å². The number of rotatable bonds is 6. The van der Waals surface area contributed by atoms with E-state index in [1.807, 2.05) is 24.0 Å². The fourth-order valence-electron chi connectivity index (χ4n) is 5.35. The van der Waals surface area contributed by atoms with E-state index in [0.717, 1.165) is 50.0 Å². The highest BCUT2D eigenvalue weighted by atomic mass is 16.5. The number of aryl methyl sites for hydroxylation is 1. The van der Waals surface area contributed by atoms with Crippen molar-refractivity contribution in [3.8, 4) is 11.5 Å². The molecule has 2 heterocycles. The van der Waals surface area contributed by atoms with Gasteiger partial charge in [-0.1, -0.05) is 19.9 Å². The van der Waals surface area contributed by atoms with Crippen molar-refractivity contribution >= 4 is 11.7 Å². The Bertz CT molecular complexity index is 1050. The van der Waals surface area contributed by atoms with Crippen LogP contribution in [0.1, 0.15) is 83.8 Å². The third kappa shape index (κ3) is 4.66. The van der Waals surface area contributed by atoms with Gasteiger partial charge in [0.25, 0.3) is 5.91 Å². The summed E-state index contributed by atoms with van der Waals surface area (Å²) in [5.41, 5.74) is 2.36. The van der Waals surface area contributed by atoms with Crippen LogP contribution in [0, 0.1) is 12.3 Å². The average molecular weight is 454 g/mol. The normalized spacial score (nSPS) is 19.8. The lowest BCUT2D eigenvalue weighted by molar-refractivity contribution is 0.0564. The summed E-state index contributed by atoms with van der Waals surface area (Å²) in [6.45, 7) is 6.72. The predicted octanol–water partition coefficient (Wildman–Crippen LogP) is 5.39. The van der Waals surface area contributed by atoms with Crippen LogP contribution in [0.5, 0.6) is 11.5 Å². The number of hydrogen-bond acceptors (Lipinski definition) is 5. The number of fused-ring (bicyclic) bond motifs is 1. The Morgan fingerprint density at radius 3 is 2.64 bits per heavy atom. The summed E-state index contributed by atoms with van der Waals surface area (Å²) < 4.78 is 16.9. The number of hydrogen-bond donors (Lipinski definition) is 0. The number of likely N-dealkylation sites (tertiary alicyclic amines) is 1. The summed E-state index contributed by atoms with van der Waals surface area (Å²) in [5, 5.41) is 0. The number of benzene rings is 1. The van der Waals surface area contributed by atoms with Crippen LogP contribution in [-0.4, -0.2) is 43.4 Å². The molecule has 0 N–H and O–H groups in total. The number of ether oxygens (including phenoxy) is 2. The first-order valence-corrected chi connectivity index (χ1v) is 11.9. The molecule has 4 rings (SSSR count). The second-order valence-corrected chi connectivity index (χ2v) is 10.2. The third-order valence-corrected chi connectivity index (χ3v) is 7.07. The van der Waals surface area contributed by atoms with Crippen LogP contribution < -0.4 is 9.47 Å². The zero-order valence-electron chi connectivity index (χ0n) is 20.5. The number of ketones is 1. The van der Waals surface area contributed by atoms with Gasteiger partial charge < -0.3 is 18.8 Å². The summed E-state index contributed by atoms with van der Waals surface area (Å²) in [5.74, 6) is 2.47. The van der Waals surface area contributed by atoms with Crippen molar-refractivity contribution in [2.75, 3.05) is 20.8 Å². The summed E-state index contributed by atoms with van der Waals surface area (Å²) in [4.78, 5) is 28.3. The molecule has 0 bridgehead atoms. The van der Waals surface area contributed by atoms with Gasteiger partial charge in [-0.2, -0.15) is 0 Å². The van der Waals surface area contributed by atoms with Crippen molar-refractivity contribution in [3.05, 3.63) is 46.4 Å². The molecule has 33 heavy (non-hydrogen) atoms. The van der Waals surface area contributed by atoms with Crippen LogP contribution >= 0.6 is 0 Å². The second kappa shape index (κ2) is 9.24. The number of nitrogens with zero attached hydrogens (tertiary/aromatic N) is 1. The van der Waals surface area contributed by atoms with Gasteiger partial charge in [-0.15, -0.1) is 0 Å². The van der Waals surface area contributed by atoms with Crippen molar-refractivity contribution < 1.29 is 23.5 Å². The van der Waals surface area contributed by atoms with E-state index in [4.69, 9.17) is 13.9 Å². The van der Waals surface area contributed by atoms with E-state index in [1.54, 1.807) is 14.2 Å². The zero-order chi connectivity index (χ0) is 23.8. The van der Waals surface area contributed by atoms with E-state index < -0.39 is 0 Å². The van der Waals surface area contributed by atoms with E-state index in [0.29, 0.717) is 41.2 Å². The first-order valence-electron chi connectivity index (χ1n) is 11.9. The summed E-state index contributed by atoms with van der Waals surface area (Å²) in [6.07, 6.45) is 5.97. The molecule has 0 spiro atoms. The number of furan rings is 1. The molecule has 0 saturated carbocycles. The van der Waals surface area contributed by atoms with Crippen LogP contribution in [0.2, 0.25) is 0 Å². The first-order chi connectivity index (χ1) is 15.7. The molecule has 1 aromatic carbocycles. The molecular weight excluding hydrogens is 418 g/mol. The molecule has 2 aliphatic rings. The fourth-order valence-corrected chi connectivity index (χ4v) is 5.35. The van der Waals surface area contributed by atoms with Crippen molar-refractivity contribution in [1.82, 2.24) is 4.90 Å². The Morgan fingerprint density at radius 2 is 1.91 bits per heavy atom. The quantitative estimate of drug-likeness (QED) is 0.587. The lowest BCUT2D eigenvalue weighted by Gasteiger charge is -2.35. The van der Waals surface area contributed by atoms with Gasteiger partial charge in [0.15, 0.2) is 23.0 Å². The van der Waals surface area contributed by atoms with Gasteiger partial charge in [-0.05, 0) is 62.1 Å². The third-order valence-electron chi connectivity index (χ3n) is 7.07. The smallest absolute Gasteiger partial charge is 0.290 e. The fraction of sp³-hybridized carbons (Fsp3) is 0.556. The highest BCUT2D eigenvalue weighted by molar-refractivity contribution is 6.03. The zero-order valence-corrected chi connectivity index (χ0v) is 20.5. The van der Waals surface area contributed by atoms with E-state index in [-0.39, 0.29) is 23.1 Å². The van der Waals surface area contributed by atoms with Crippen molar-refractivity contribution in [1.29, 1.82) is 0 Å². The number of carbonyl (C=O) groups excluding carboxylic acids is 2. The molecule has 1 atom stereocenters. The monoisotopic (exact) mass is 453 g/mol. The van der Waals surface area contributed by atoms with Gasteiger partial charge in [-0.3, -0.25) is 9.59 Å². The van der Waals surface area contributed by atoms with Crippen LogP contribution in [0.3, 0.4) is 0 Å². The average Bonchev–Trinajstić information content (AvgIpc) is 3.12. The van der Waals surface area contributed by atoms with Gasteiger partial charge in [0, 0.05) is 31.0 Å². The Kier molecular flexibility index (Phi) is 6.55. The lowest BCUT2D eigenvalue weighted by atomic mass is 9.76. The molecule has 2 aromatic rings. The molecule has 6 nitrogen and oxygen atoms in total. The summed E-state index contributed by atoms with van der Waals surface area (Å²) >= 11 is 0. The molecule has 1 saturated heterocycles. The van der Waals surface area contributed by atoms with Gasteiger partial charge in [-0.25, -0.2) is 0 Å². The molecular formula is C27H35NO5. The second-order valence-electron chi connectivity index (χ2n) is 10.2. The Morgan fingerprint density at radius 1 is 1.15 bits per heavy atom. The first kappa shape index (κ1) is 23.4. The van der Waals surface area contributed by atoms with Crippen LogP contribution in [0.4, 0.5) is 0 Å². The van der Waals surface area contributed by atoms with E-state index in [2.05, 4.69) is 19.9 Å². The highest BCUT2D eigenvalue weighted by Gasteiger charge is 2.38. The number of piperidine rings is 1. The predicted molar refractivity (Wildman–Crippen MR) is 126 cm³/mol. The van der Waals surface area contributed by atoms with Gasteiger partial charge in [0.2, 0.25) is 0 Å².